The SMILES string of the molecule is CCC[NH+]1CC2(COC)CCC(OC)C34CCC(COC)C(O)CC(C)(O)C(O)(C(OC)C23)C14. The van der Waals surface area contributed by atoms with E-state index in [9.17, 15) is 15.3 Å². The number of aliphatic hydroxyl groups excluding tert-OH is 1. The molecule has 1 aliphatic heterocycles. The van der Waals surface area contributed by atoms with Crippen LogP contribution in [0.5, 0.6) is 0 Å². The third kappa shape index (κ3) is 3.47. The van der Waals surface area contributed by atoms with Gasteiger partial charge in [0, 0.05) is 52.1 Å². The average molecular weight is 487 g/mol. The van der Waals surface area contributed by atoms with Crippen molar-refractivity contribution >= 4 is 0 Å². The van der Waals surface area contributed by atoms with E-state index in [2.05, 4.69) is 6.92 Å². The number of likely N-dealkylation sites (tertiary alicyclic amines) is 1. The molecule has 3 aliphatic carbocycles. The predicted octanol–water partition coefficient (Wildman–Crippen LogP) is 0.0258. The first kappa shape index (κ1) is 26.7. The van der Waals surface area contributed by atoms with Crippen molar-refractivity contribution in [1.29, 1.82) is 0 Å². The van der Waals surface area contributed by atoms with E-state index in [0.29, 0.717) is 13.2 Å². The van der Waals surface area contributed by atoms with Crippen LogP contribution in [0, 0.1) is 22.7 Å². The van der Waals surface area contributed by atoms with E-state index in [1.165, 1.54) is 4.90 Å². The van der Waals surface area contributed by atoms with Gasteiger partial charge in [-0.25, -0.2) is 0 Å². The lowest BCUT2D eigenvalue weighted by molar-refractivity contribution is -0.955. The van der Waals surface area contributed by atoms with Crippen LogP contribution in [0.15, 0.2) is 0 Å². The van der Waals surface area contributed by atoms with Gasteiger partial charge in [0.05, 0.1) is 50.0 Å². The van der Waals surface area contributed by atoms with Crippen LogP contribution >= 0.6 is 0 Å². The zero-order valence-corrected chi connectivity index (χ0v) is 22.0. The Morgan fingerprint density at radius 3 is 2.32 bits per heavy atom. The molecular weight excluding hydrogens is 438 g/mol. The van der Waals surface area contributed by atoms with E-state index in [1.807, 2.05) is 0 Å². The van der Waals surface area contributed by atoms with Crippen LogP contribution in [-0.2, 0) is 18.9 Å². The molecule has 11 unspecified atom stereocenters. The Kier molecular flexibility index (Phi) is 7.49. The van der Waals surface area contributed by atoms with E-state index in [0.717, 1.165) is 45.2 Å². The third-order valence-electron chi connectivity index (χ3n) is 10.3. The van der Waals surface area contributed by atoms with Gasteiger partial charge < -0.3 is 39.2 Å². The van der Waals surface area contributed by atoms with Gasteiger partial charge in [-0.05, 0) is 39.0 Å². The highest BCUT2D eigenvalue weighted by Crippen LogP contribution is 2.68. The highest BCUT2D eigenvalue weighted by molar-refractivity contribution is 5.29. The Hall–Kier alpha value is -0.320. The van der Waals surface area contributed by atoms with Gasteiger partial charge in [0.1, 0.15) is 11.6 Å². The van der Waals surface area contributed by atoms with Crippen LogP contribution in [0.3, 0.4) is 0 Å². The summed E-state index contributed by atoms with van der Waals surface area (Å²) in [5.74, 6) is -0.148. The maximum Gasteiger partial charge on any atom is 0.172 e. The van der Waals surface area contributed by atoms with Crippen LogP contribution in [0.1, 0.15) is 52.4 Å². The molecule has 3 saturated carbocycles. The Balaban J connectivity index is 2.00. The summed E-state index contributed by atoms with van der Waals surface area (Å²) in [6.07, 6.45) is 2.96. The highest BCUT2D eigenvalue weighted by atomic mass is 16.5. The van der Waals surface area contributed by atoms with Crippen molar-refractivity contribution < 1.29 is 39.2 Å². The third-order valence-corrected chi connectivity index (χ3v) is 10.3. The second-order valence-electron chi connectivity index (χ2n) is 11.9. The molecule has 4 rings (SSSR count). The molecule has 4 N–H and O–H groups in total. The largest absolute Gasteiger partial charge is 0.393 e. The summed E-state index contributed by atoms with van der Waals surface area (Å²) < 4.78 is 23.8. The van der Waals surface area contributed by atoms with Crippen LogP contribution in [-0.4, -0.2) is 106 Å². The molecular formula is C26H48NO7+. The Morgan fingerprint density at radius 1 is 1.00 bits per heavy atom. The molecule has 0 aromatic heterocycles. The zero-order chi connectivity index (χ0) is 24.9. The molecule has 8 heteroatoms. The molecule has 1 heterocycles. The van der Waals surface area contributed by atoms with E-state index in [4.69, 9.17) is 18.9 Å². The monoisotopic (exact) mass is 486 g/mol. The molecule has 34 heavy (non-hydrogen) atoms. The van der Waals surface area contributed by atoms with Crippen LogP contribution in [0.4, 0.5) is 0 Å². The standard InChI is InChI=1S/C26H47NO7/c1-7-12-27-15-24(16-32-4)10-9-19(33-5)25-11-8-17(14-31-3)18(28)13-23(2,29)26(30,22(25)27)21(34-6)20(24)25/h17-22,28-30H,7-16H2,1-6H3/p+1. The molecule has 5 bridgehead atoms. The quantitative estimate of drug-likeness (QED) is 0.384. The fraction of sp³-hybridized carbons (Fsp3) is 1.00. The molecule has 4 aliphatic rings. The second kappa shape index (κ2) is 9.53. The van der Waals surface area contributed by atoms with Gasteiger partial charge in [-0.15, -0.1) is 0 Å². The summed E-state index contributed by atoms with van der Waals surface area (Å²) in [6.45, 7) is 6.66. The van der Waals surface area contributed by atoms with Crippen molar-refractivity contribution in [3.63, 3.8) is 0 Å². The summed E-state index contributed by atoms with van der Waals surface area (Å²) in [7, 11) is 6.86. The summed E-state index contributed by atoms with van der Waals surface area (Å²) in [5.41, 5.74) is -3.69. The topological polar surface area (TPSA) is 102 Å². The molecule has 4 fully saturated rings. The Morgan fingerprint density at radius 2 is 1.74 bits per heavy atom. The lowest BCUT2D eigenvalue weighted by Gasteiger charge is -2.62. The van der Waals surface area contributed by atoms with Gasteiger partial charge in [-0.2, -0.15) is 0 Å². The van der Waals surface area contributed by atoms with Gasteiger partial charge in [0.2, 0.25) is 0 Å². The second-order valence-corrected chi connectivity index (χ2v) is 11.9. The number of ether oxygens (including phenoxy) is 4. The normalized spacial score (nSPS) is 52.7. The minimum Gasteiger partial charge on any atom is -0.393 e. The number of hydrogen-bond acceptors (Lipinski definition) is 7. The van der Waals surface area contributed by atoms with Crippen molar-refractivity contribution in [2.75, 3.05) is 54.7 Å². The van der Waals surface area contributed by atoms with Crippen molar-refractivity contribution in [2.45, 2.75) is 87.9 Å². The zero-order valence-electron chi connectivity index (χ0n) is 22.0. The average Bonchev–Trinajstić information content (AvgIpc) is 2.98. The van der Waals surface area contributed by atoms with Gasteiger partial charge >= 0.3 is 0 Å². The Bertz CT molecular complexity index is 721. The number of rotatable bonds is 8. The molecule has 11 atom stereocenters. The molecule has 0 radical (unpaired) electrons. The highest BCUT2D eigenvalue weighted by Gasteiger charge is 2.85. The summed E-state index contributed by atoms with van der Waals surface area (Å²) >= 11 is 0. The van der Waals surface area contributed by atoms with Crippen molar-refractivity contribution in [3.05, 3.63) is 0 Å². The van der Waals surface area contributed by atoms with Crippen molar-refractivity contribution in [1.82, 2.24) is 0 Å². The number of hydrogen-bond donors (Lipinski definition) is 4. The van der Waals surface area contributed by atoms with Gasteiger partial charge in [0.15, 0.2) is 5.60 Å². The van der Waals surface area contributed by atoms with E-state index < -0.39 is 28.8 Å². The first-order valence-electron chi connectivity index (χ1n) is 13.1. The summed E-state index contributed by atoms with van der Waals surface area (Å²) in [4.78, 5) is 1.31. The molecule has 0 amide bonds. The van der Waals surface area contributed by atoms with E-state index in [-0.39, 0.29) is 35.8 Å². The fourth-order valence-corrected chi connectivity index (χ4v) is 9.41. The maximum atomic E-state index is 12.8. The molecule has 198 valence electrons. The molecule has 0 aromatic carbocycles. The maximum absolute atomic E-state index is 12.8. The number of piperidine rings is 1. The van der Waals surface area contributed by atoms with Crippen LogP contribution in [0.2, 0.25) is 0 Å². The predicted molar refractivity (Wildman–Crippen MR) is 127 cm³/mol. The van der Waals surface area contributed by atoms with Crippen LogP contribution < -0.4 is 4.90 Å². The first-order chi connectivity index (χ1) is 16.1. The molecule has 8 nitrogen and oxygen atoms in total. The minimum absolute atomic E-state index is 0.0239. The minimum atomic E-state index is -1.56. The Labute approximate surface area is 204 Å². The summed E-state index contributed by atoms with van der Waals surface area (Å²) in [6, 6.07) is -0.270. The van der Waals surface area contributed by atoms with Crippen LogP contribution in [0.25, 0.3) is 0 Å². The van der Waals surface area contributed by atoms with Gasteiger partial charge in [-0.1, -0.05) is 6.92 Å². The lowest BCUT2D eigenvalue weighted by atomic mass is 9.49. The van der Waals surface area contributed by atoms with Gasteiger partial charge in [-0.3, -0.25) is 0 Å². The number of nitrogens with one attached hydrogen (secondary N) is 1. The number of quaternary nitrogens is 1. The molecule has 0 aromatic rings. The summed E-state index contributed by atoms with van der Waals surface area (Å²) in [5, 5.41) is 36.2. The van der Waals surface area contributed by atoms with Crippen molar-refractivity contribution in [3.8, 4) is 0 Å². The number of aliphatic hydroxyl groups is 3. The van der Waals surface area contributed by atoms with E-state index in [1.54, 1.807) is 35.4 Å². The smallest absolute Gasteiger partial charge is 0.172 e. The first-order valence-corrected chi connectivity index (χ1v) is 13.1. The van der Waals surface area contributed by atoms with Crippen molar-refractivity contribution in [2.24, 2.45) is 22.7 Å². The van der Waals surface area contributed by atoms with E-state index >= 15 is 0 Å². The number of methoxy groups -OCH3 is 4. The van der Waals surface area contributed by atoms with Gasteiger partial charge in [0.25, 0.3) is 0 Å². The fourth-order valence-electron chi connectivity index (χ4n) is 9.41. The molecule has 1 spiro atoms. The lowest BCUT2D eigenvalue weighted by Crippen LogP contribution is -3.22. The molecule has 1 saturated heterocycles.